The van der Waals surface area contributed by atoms with E-state index in [1.807, 2.05) is 0 Å². The second kappa shape index (κ2) is 3.26. The average molecular weight is 214 g/mol. The molecule has 14 heavy (non-hydrogen) atoms. The summed E-state index contributed by atoms with van der Waals surface area (Å²) < 4.78 is 10.0. The molecule has 0 bridgehead atoms. The molecule has 1 aliphatic rings. The molecule has 72 valence electrons. The smallest absolute Gasteiger partial charge is 0.254 e. The van der Waals surface area contributed by atoms with E-state index in [0.29, 0.717) is 11.5 Å². The number of hydrogen-bond acceptors (Lipinski definition) is 5. The predicted octanol–water partition coefficient (Wildman–Crippen LogP) is 2.19. The summed E-state index contributed by atoms with van der Waals surface area (Å²) in [6, 6.07) is 2.67. The fraction of sp³-hybridized carbons (Fsp3) is 0.125. The van der Waals surface area contributed by atoms with Gasteiger partial charge in [0.25, 0.3) is 5.24 Å². The second-order valence-corrected chi connectivity index (χ2v) is 2.93. The van der Waals surface area contributed by atoms with E-state index in [1.54, 1.807) is 0 Å². The van der Waals surface area contributed by atoms with Crippen LogP contribution >= 0.6 is 11.6 Å². The third kappa shape index (κ3) is 1.31. The number of rotatable bonds is 2. The van der Waals surface area contributed by atoms with Gasteiger partial charge >= 0.3 is 0 Å². The van der Waals surface area contributed by atoms with Gasteiger partial charge in [0.15, 0.2) is 11.5 Å². The molecule has 0 saturated carbocycles. The fourth-order valence-electron chi connectivity index (χ4n) is 1.16. The first-order chi connectivity index (χ1) is 6.72. The van der Waals surface area contributed by atoms with Gasteiger partial charge < -0.3 is 9.47 Å². The molecule has 0 aromatic heterocycles. The Bertz CT molecular complexity index is 418. The number of nitrogens with zero attached hydrogens (tertiary/aromatic N) is 1. The van der Waals surface area contributed by atoms with Crippen molar-refractivity contribution in [3.63, 3.8) is 0 Å². The lowest BCUT2D eigenvalue weighted by molar-refractivity contribution is 0.108. The lowest BCUT2D eigenvalue weighted by Gasteiger charge is -2.00. The number of nitroso groups, excluding NO2 is 1. The van der Waals surface area contributed by atoms with Crippen LogP contribution in [0.5, 0.6) is 11.5 Å². The van der Waals surface area contributed by atoms with Gasteiger partial charge in [-0.3, -0.25) is 4.79 Å². The molecule has 5 nitrogen and oxygen atoms in total. The van der Waals surface area contributed by atoms with Crippen LogP contribution in [-0.4, -0.2) is 12.0 Å². The highest BCUT2D eigenvalue weighted by atomic mass is 35.5. The number of halogens is 1. The maximum absolute atomic E-state index is 10.9. The molecule has 1 heterocycles. The third-order valence-electron chi connectivity index (χ3n) is 1.80. The van der Waals surface area contributed by atoms with Crippen LogP contribution in [0.15, 0.2) is 17.3 Å². The fourth-order valence-corrected chi connectivity index (χ4v) is 1.32. The lowest BCUT2D eigenvalue weighted by Crippen LogP contribution is -1.93. The van der Waals surface area contributed by atoms with Crippen LogP contribution in [0.1, 0.15) is 10.4 Å². The van der Waals surface area contributed by atoms with Crippen molar-refractivity contribution in [2.45, 2.75) is 0 Å². The normalized spacial score (nSPS) is 12.6. The van der Waals surface area contributed by atoms with Gasteiger partial charge in [0.2, 0.25) is 6.79 Å². The largest absolute Gasteiger partial charge is 0.454 e. The molecule has 6 heteroatoms. The molecule has 1 aliphatic heterocycles. The molecule has 2 rings (SSSR count). The van der Waals surface area contributed by atoms with Crippen molar-refractivity contribution in [1.82, 2.24) is 0 Å². The molecule has 0 amide bonds. The summed E-state index contributed by atoms with van der Waals surface area (Å²) in [6.07, 6.45) is 0. The van der Waals surface area contributed by atoms with Crippen molar-refractivity contribution in [2.24, 2.45) is 5.18 Å². The van der Waals surface area contributed by atoms with Crippen LogP contribution in [0.3, 0.4) is 0 Å². The minimum Gasteiger partial charge on any atom is -0.454 e. The first kappa shape index (κ1) is 8.96. The van der Waals surface area contributed by atoms with Gasteiger partial charge in [-0.2, -0.15) is 0 Å². The first-order valence-electron chi connectivity index (χ1n) is 3.69. The molecule has 0 fully saturated rings. The maximum atomic E-state index is 10.9. The maximum Gasteiger partial charge on any atom is 0.254 e. The zero-order chi connectivity index (χ0) is 10.1. The summed E-state index contributed by atoms with van der Waals surface area (Å²) in [5.74, 6) is 0.780. The third-order valence-corrected chi connectivity index (χ3v) is 2.00. The van der Waals surface area contributed by atoms with Crippen molar-refractivity contribution < 1.29 is 14.3 Å². The zero-order valence-electron chi connectivity index (χ0n) is 6.82. The van der Waals surface area contributed by atoms with E-state index in [9.17, 15) is 9.70 Å². The Labute approximate surface area is 83.5 Å². The van der Waals surface area contributed by atoms with Crippen LogP contribution in [0, 0.1) is 4.91 Å². The van der Waals surface area contributed by atoms with E-state index >= 15 is 0 Å². The Morgan fingerprint density at radius 2 is 2.00 bits per heavy atom. The summed E-state index contributed by atoms with van der Waals surface area (Å²) in [5.41, 5.74) is -0.0276. The minimum atomic E-state index is -0.752. The standard InChI is InChI=1S/C8H4ClNO4/c9-8(11)4-1-6-7(14-3-13-6)2-5(4)10-12/h1-2H,3H2. The van der Waals surface area contributed by atoms with E-state index < -0.39 is 5.24 Å². The number of benzene rings is 1. The van der Waals surface area contributed by atoms with Crippen molar-refractivity contribution in [3.8, 4) is 11.5 Å². The number of fused-ring (bicyclic) bond motifs is 1. The van der Waals surface area contributed by atoms with Gasteiger partial charge in [0, 0.05) is 6.07 Å². The molecule has 0 saturated heterocycles. The molecule has 0 spiro atoms. The Hall–Kier alpha value is -1.62. The van der Waals surface area contributed by atoms with Crippen LogP contribution in [0.25, 0.3) is 0 Å². The van der Waals surface area contributed by atoms with Crippen molar-refractivity contribution in [1.29, 1.82) is 0 Å². The molecule has 0 aliphatic carbocycles. The van der Waals surface area contributed by atoms with Gasteiger partial charge in [0.1, 0.15) is 5.69 Å². The van der Waals surface area contributed by atoms with Gasteiger partial charge in [-0.1, -0.05) is 0 Å². The molecule has 0 radical (unpaired) electrons. The minimum absolute atomic E-state index is 0.0194. The average Bonchev–Trinajstić information content (AvgIpc) is 2.62. The second-order valence-electron chi connectivity index (χ2n) is 2.59. The highest BCUT2D eigenvalue weighted by Gasteiger charge is 2.20. The van der Waals surface area contributed by atoms with E-state index in [4.69, 9.17) is 21.1 Å². The van der Waals surface area contributed by atoms with E-state index in [0.717, 1.165) is 0 Å². The summed E-state index contributed by atoms with van der Waals surface area (Å²) in [6.45, 7) is 0.0631. The molecule has 0 unspecified atom stereocenters. The highest BCUT2D eigenvalue weighted by Crippen LogP contribution is 2.38. The predicted molar refractivity (Wildman–Crippen MR) is 48.2 cm³/mol. The van der Waals surface area contributed by atoms with E-state index in [2.05, 4.69) is 5.18 Å². The number of carbonyl (C=O) groups excluding carboxylic acids is 1. The van der Waals surface area contributed by atoms with Gasteiger partial charge in [0.05, 0.1) is 5.56 Å². The van der Waals surface area contributed by atoms with Gasteiger partial charge in [-0.15, -0.1) is 4.91 Å². The summed E-state index contributed by atoms with van der Waals surface area (Å²) >= 11 is 5.25. The molecule has 0 N–H and O–H groups in total. The Morgan fingerprint density at radius 3 is 2.57 bits per heavy atom. The SMILES string of the molecule is O=Nc1cc2c(cc1C(=O)Cl)OCO2. The number of ether oxygens (including phenoxy) is 2. The Kier molecular flexibility index (Phi) is 2.09. The summed E-state index contributed by atoms with van der Waals surface area (Å²) in [5, 5.41) is 1.93. The quantitative estimate of drug-likeness (QED) is 0.558. The van der Waals surface area contributed by atoms with Crippen molar-refractivity contribution in [2.75, 3.05) is 6.79 Å². The molecular formula is C8H4ClNO4. The van der Waals surface area contributed by atoms with E-state index in [-0.39, 0.29) is 18.0 Å². The van der Waals surface area contributed by atoms with Crippen LogP contribution in [0.2, 0.25) is 0 Å². The molecular weight excluding hydrogens is 210 g/mol. The lowest BCUT2D eigenvalue weighted by atomic mass is 10.2. The topological polar surface area (TPSA) is 65.0 Å². The Morgan fingerprint density at radius 1 is 1.36 bits per heavy atom. The van der Waals surface area contributed by atoms with Crippen LogP contribution in [0.4, 0.5) is 5.69 Å². The molecule has 1 aromatic carbocycles. The van der Waals surface area contributed by atoms with Crippen molar-refractivity contribution in [3.05, 3.63) is 22.6 Å². The first-order valence-corrected chi connectivity index (χ1v) is 4.07. The molecule has 0 atom stereocenters. The Balaban J connectivity index is 2.59. The molecule has 1 aromatic rings. The summed E-state index contributed by atoms with van der Waals surface area (Å²) in [4.78, 5) is 21.3. The van der Waals surface area contributed by atoms with Crippen LogP contribution in [-0.2, 0) is 0 Å². The summed E-state index contributed by atoms with van der Waals surface area (Å²) in [7, 11) is 0. The monoisotopic (exact) mass is 213 g/mol. The van der Waals surface area contributed by atoms with Gasteiger partial charge in [-0.25, -0.2) is 0 Å². The van der Waals surface area contributed by atoms with E-state index in [1.165, 1.54) is 12.1 Å². The van der Waals surface area contributed by atoms with Crippen LogP contribution < -0.4 is 9.47 Å². The van der Waals surface area contributed by atoms with Crippen molar-refractivity contribution >= 4 is 22.5 Å². The number of hydrogen-bond donors (Lipinski definition) is 0. The highest BCUT2D eigenvalue weighted by molar-refractivity contribution is 6.68. The number of carbonyl (C=O) groups is 1. The van der Waals surface area contributed by atoms with Gasteiger partial charge in [-0.05, 0) is 22.8 Å². The zero-order valence-corrected chi connectivity index (χ0v) is 7.58.